The van der Waals surface area contributed by atoms with Crippen molar-refractivity contribution in [3.05, 3.63) is 175 Å². The van der Waals surface area contributed by atoms with Crippen LogP contribution in [0.3, 0.4) is 0 Å². The van der Waals surface area contributed by atoms with Crippen LogP contribution in [0.4, 0.5) is 5.69 Å². The number of nitrogens with one attached hydrogen (secondary N) is 2. The van der Waals surface area contributed by atoms with Crippen molar-refractivity contribution >= 4 is 49.8 Å². The lowest BCUT2D eigenvalue weighted by Crippen LogP contribution is -2.22. The minimum absolute atomic E-state index is 0.285. The number of nitrogens with zero attached hydrogens (tertiary/aromatic N) is 3. The standard InChI is InChI=1S/C42H29N5/c43-41-35(37-18-8-10-26-44-37)24-25-36(38-19-9-11-27-45-38)42(41)47-46-30-22-20-29(21-23-30)40-33-16-6-4-14-31(33)39(28-12-2-1-3-13-28)32-15-5-7-17-34(32)40/h1-27,43,46H/b43-41?,47-42-. The fourth-order valence-electron chi connectivity index (χ4n) is 6.36. The maximum atomic E-state index is 9.12. The van der Waals surface area contributed by atoms with Crippen LogP contribution in [-0.4, -0.2) is 21.4 Å². The number of fused-ring (bicyclic) bond motifs is 2. The molecule has 0 spiro atoms. The molecule has 0 radical (unpaired) electrons. The van der Waals surface area contributed by atoms with Gasteiger partial charge < -0.3 is 0 Å². The predicted octanol–water partition coefficient (Wildman–Crippen LogP) is 10.1. The smallest absolute Gasteiger partial charge is 0.118 e. The van der Waals surface area contributed by atoms with Crippen LogP contribution >= 0.6 is 0 Å². The molecular weight excluding hydrogens is 574 g/mol. The highest BCUT2D eigenvalue weighted by Crippen LogP contribution is 2.43. The first-order valence-electron chi connectivity index (χ1n) is 15.5. The van der Waals surface area contributed by atoms with Gasteiger partial charge in [-0.3, -0.25) is 20.8 Å². The summed E-state index contributed by atoms with van der Waals surface area (Å²) < 4.78 is 0. The molecule has 0 saturated heterocycles. The number of benzene rings is 5. The molecule has 2 aromatic heterocycles. The third-order valence-electron chi connectivity index (χ3n) is 8.52. The van der Waals surface area contributed by atoms with E-state index in [0.717, 1.165) is 28.2 Å². The van der Waals surface area contributed by atoms with Crippen molar-refractivity contribution in [1.29, 1.82) is 5.41 Å². The Morgan fingerprint density at radius 3 is 1.47 bits per heavy atom. The Bertz CT molecular complexity index is 2300. The zero-order valence-electron chi connectivity index (χ0n) is 25.4. The molecule has 47 heavy (non-hydrogen) atoms. The van der Waals surface area contributed by atoms with E-state index in [2.05, 4.69) is 106 Å². The Balaban J connectivity index is 1.18. The molecule has 0 unspecified atom stereocenters. The minimum Gasteiger partial charge on any atom is -0.298 e. The lowest BCUT2D eigenvalue weighted by Gasteiger charge is -2.19. The predicted molar refractivity (Wildman–Crippen MR) is 196 cm³/mol. The monoisotopic (exact) mass is 603 g/mol. The summed E-state index contributed by atoms with van der Waals surface area (Å²) in [6.45, 7) is 0. The molecular formula is C42H29N5. The normalized spacial score (nSPS) is 13.9. The Labute approximate surface area is 272 Å². The first kappa shape index (κ1) is 28.0. The van der Waals surface area contributed by atoms with E-state index in [-0.39, 0.29) is 5.71 Å². The van der Waals surface area contributed by atoms with Crippen LogP contribution in [0.2, 0.25) is 0 Å². The number of hydrogen-bond donors (Lipinski definition) is 2. The number of pyridine rings is 2. The van der Waals surface area contributed by atoms with Gasteiger partial charge in [-0.15, -0.1) is 0 Å². The number of hydrogen-bond acceptors (Lipinski definition) is 5. The number of rotatable bonds is 6. The summed E-state index contributed by atoms with van der Waals surface area (Å²) in [4.78, 5) is 9.02. The van der Waals surface area contributed by atoms with Crippen molar-refractivity contribution in [2.75, 3.05) is 5.43 Å². The molecule has 2 heterocycles. The molecule has 2 N–H and O–H groups in total. The van der Waals surface area contributed by atoms with Crippen LogP contribution in [0.5, 0.6) is 0 Å². The second-order valence-electron chi connectivity index (χ2n) is 11.3. The van der Waals surface area contributed by atoms with E-state index in [9.17, 15) is 0 Å². The molecule has 222 valence electrons. The van der Waals surface area contributed by atoms with E-state index < -0.39 is 0 Å². The van der Waals surface area contributed by atoms with Gasteiger partial charge in [0.2, 0.25) is 0 Å². The van der Waals surface area contributed by atoms with Crippen LogP contribution in [-0.2, 0) is 0 Å². The molecule has 5 nitrogen and oxygen atoms in total. The fourth-order valence-corrected chi connectivity index (χ4v) is 6.36. The summed E-state index contributed by atoms with van der Waals surface area (Å²) in [6.07, 6.45) is 7.37. The summed E-state index contributed by atoms with van der Waals surface area (Å²) in [5, 5.41) is 18.8. The molecule has 7 aromatic rings. The van der Waals surface area contributed by atoms with Crippen molar-refractivity contribution < 1.29 is 0 Å². The van der Waals surface area contributed by atoms with Crippen LogP contribution in [0, 0.1) is 5.41 Å². The molecule has 1 aliphatic carbocycles. The van der Waals surface area contributed by atoms with Gasteiger partial charge >= 0.3 is 0 Å². The minimum atomic E-state index is 0.285. The van der Waals surface area contributed by atoms with E-state index in [1.807, 2.05) is 60.7 Å². The highest BCUT2D eigenvalue weighted by molar-refractivity contribution is 6.69. The molecule has 8 rings (SSSR count). The van der Waals surface area contributed by atoms with E-state index in [0.29, 0.717) is 11.3 Å². The van der Waals surface area contributed by atoms with Gasteiger partial charge in [0.25, 0.3) is 0 Å². The van der Waals surface area contributed by atoms with Crippen molar-refractivity contribution in [3.63, 3.8) is 0 Å². The molecule has 0 aliphatic heterocycles. The van der Waals surface area contributed by atoms with Gasteiger partial charge in [-0.05, 0) is 92.3 Å². The third-order valence-corrected chi connectivity index (χ3v) is 8.52. The Hall–Kier alpha value is -6.46. The van der Waals surface area contributed by atoms with Crippen LogP contribution in [0.25, 0.3) is 54.9 Å². The van der Waals surface area contributed by atoms with E-state index >= 15 is 0 Å². The van der Waals surface area contributed by atoms with Gasteiger partial charge in [0.05, 0.1) is 22.8 Å². The highest BCUT2D eigenvalue weighted by Gasteiger charge is 2.24. The summed E-state index contributed by atoms with van der Waals surface area (Å²) in [6, 6.07) is 47.8. The fraction of sp³-hybridized carbons (Fsp3) is 0. The molecule has 5 heteroatoms. The molecule has 0 atom stereocenters. The first-order chi connectivity index (χ1) is 23.3. The Morgan fingerprint density at radius 1 is 0.468 bits per heavy atom. The van der Waals surface area contributed by atoms with Crippen LogP contribution < -0.4 is 5.43 Å². The number of allylic oxidation sites excluding steroid dienone is 4. The summed E-state index contributed by atoms with van der Waals surface area (Å²) in [5.74, 6) is 0. The van der Waals surface area contributed by atoms with Gasteiger partial charge in [0.15, 0.2) is 0 Å². The number of aromatic nitrogens is 2. The van der Waals surface area contributed by atoms with Gasteiger partial charge in [-0.1, -0.05) is 103 Å². The molecule has 0 saturated carbocycles. The van der Waals surface area contributed by atoms with Gasteiger partial charge in [0, 0.05) is 23.5 Å². The number of anilines is 1. The first-order valence-corrected chi connectivity index (χ1v) is 15.5. The van der Waals surface area contributed by atoms with Crippen molar-refractivity contribution in [3.8, 4) is 22.3 Å². The molecule has 5 aromatic carbocycles. The average molecular weight is 604 g/mol. The SMILES string of the molecule is N=C1C(c2ccccn2)=CC=C(c2ccccn2)/C1=N/Nc1ccc(-c2c3ccccc3c(-c3ccccc3)c3ccccc23)cc1. The van der Waals surface area contributed by atoms with E-state index in [1.54, 1.807) is 12.4 Å². The van der Waals surface area contributed by atoms with Crippen molar-refractivity contribution in [2.24, 2.45) is 5.10 Å². The van der Waals surface area contributed by atoms with Crippen LogP contribution in [0.15, 0.2) is 169 Å². The Kier molecular flexibility index (Phi) is 7.25. The molecule has 0 amide bonds. The van der Waals surface area contributed by atoms with Crippen molar-refractivity contribution in [2.45, 2.75) is 0 Å². The van der Waals surface area contributed by atoms with Crippen LogP contribution in [0.1, 0.15) is 11.4 Å². The average Bonchev–Trinajstić information content (AvgIpc) is 3.14. The zero-order valence-corrected chi connectivity index (χ0v) is 25.4. The lowest BCUT2D eigenvalue weighted by atomic mass is 9.86. The second kappa shape index (κ2) is 12.1. The van der Waals surface area contributed by atoms with Gasteiger partial charge in [0.1, 0.15) is 5.71 Å². The molecule has 0 fully saturated rings. The topological polar surface area (TPSA) is 74.0 Å². The van der Waals surface area contributed by atoms with E-state index in [1.165, 1.54) is 38.2 Å². The summed E-state index contributed by atoms with van der Waals surface area (Å²) >= 11 is 0. The zero-order chi connectivity index (χ0) is 31.6. The maximum absolute atomic E-state index is 9.12. The quantitative estimate of drug-likeness (QED) is 0.113. The largest absolute Gasteiger partial charge is 0.298 e. The molecule has 0 bridgehead atoms. The van der Waals surface area contributed by atoms with Gasteiger partial charge in [-0.2, -0.15) is 5.10 Å². The number of hydrazone groups is 1. The van der Waals surface area contributed by atoms with Crippen molar-refractivity contribution in [1.82, 2.24) is 9.97 Å². The van der Waals surface area contributed by atoms with Gasteiger partial charge in [-0.25, -0.2) is 0 Å². The second-order valence-corrected chi connectivity index (χ2v) is 11.3. The maximum Gasteiger partial charge on any atom is 0.118 e. The molecule has 1 aliphatic rings. The highest BCUT2D eigenvalue weighted by atomic mass is 15.3. The summed E-state index contributed by atoms with van der Waals surface area (Å²) in [7, 11) is 0. The van der Waals surface area contributed by atoms with E-state index in [4.69, 9.17) is 10.5 Å². The Morgan fingerprint density at radius 2 is 0.936 bits per heavy atom. The third kappa shape index (κ3) is 5.20. The lowest BCUT2D eigenvalue weighted by molar-refractivity contribution is 1.27. The summed E-state index contributed by atoms with van der Waals surface area (Å²) in [5.41, 5.74) is 12.6.